The van der Waals surface area contributed by atoms with Gasteiger partial charge in [0.25, 0.3) is 0 Å². The minimum Gasteiger partial charge on any atom is -0.491 e. The third kappa shape index (κ3) is 4.38. The quantitative estimate of drug-likeness (QED) is 0.549. The molecule has 0 unspecified atom stereocenters. The van der Waals surface area contributed by atoms with E-state index in [-0.39, 0.29) is 31.2 Å². The molecule has 6 heteroatoms. The SMILES string of the molecule is Cc1ccc(C(=O)O)cc1OCCNC(=O)OCC1c2ccccc2-c2ccccc21. The summed E-state index contributed by atoms with van der Waals surface area (Å²) in [7, 11) is 0. The Balaban J connectivity index is 1.29. The van der Waals surface area contributed by atoms with Gasteiger partial charge in [-0.15, -0.1) is 0 Å². The Bertz CT molecular complexity index is 1080. The van der Waals surface area contributed by atoms with E-state index in [9.17, 15) is 9.59 Å². The first-order valence-electron chi connectivity index (χ1n) is 10.1. The largest absolute Gasteiger partial charge is 0.491 e. The van der Waals surface area contributed by atoms with Gasteiger partial charge in [0.1, 0.15) is 19.0 Å². The number of hydrogen-bond acceptors (Lipinski definition) is 4. The summed E-state index contributed by atoms with van der Waals surface area (Å²) >= 11 is 0. The Kier molecular flexibility index (Phi) is 5.89. The van der Waals surface area contributed by atoms with E-state index in [0.717, 1.165) is 16.7 Å². The normalized spacial score (nSPS) is 12.0. The Labute approximate surface area is 180 Å². The van der Waals surface area contributed by atoms with Gasteiger partial charge in [-0.25, -0.2) is 9.59 Å². The van der Waals surface area contributed by atoms with Crippen LogP contribution in [-0.2, 0) is 4.74 Å². The van der Waals surface area contributed by atoms with E-state index in [0.29, 0.717) is 5.75 Å². The predicted octanol–water partition coefficient (Wildman–Crippen LogP) is 4.61. The molecule has 3 aromatic carbocycles. The zero-order chi connectivity index (χ0) is 21.8. The molecule has 0 fully saturated rings. The van der Waals surface area contributed by atoms with Gasteiger partial charge in [0, 0.05) is 5.92 Å². The number of carboxylic acid groups (broad SMARTS) is 1. The van der Waals surface area contributed by atoms with Crippen molar-refractivity contribution in [2.75, 3.05) is 19.8 Å². The molecule has 0 spiro atoms. The van der Waals surface area contributed by atoms with Crippen LogP contribution in [0.5, 0.6) is 5.75 Å². The van der Waals surface area contributed by atoms with Crippen LogP contribution in [0, 0.1) is 6.92 Å². The van der Waals surface area contributed by atoms with Gasteiger partial charge in [0.15, 0.2) is 0 Å². The van der Waals surface area contributed by atoms with E-state index in [2.05, 4.69) is 29.6 Å². The van der Waals surface area contributed by atoms with Crippen LogP contribution < -0.4 is 10.1 Å². The first kappa shape index (κ1) is 20.5. The molecule has 0 radical (unpaired) electrons. The molecule has 0 saturated carbocycles. The summed E-state index contributed by atoms with van der Waals surface area (Å²) in [5.41, 5.74) is 5.66. The monoisotopic (exact) mass is 417 g/mol. The molecule has 0 bridgehead atoms. The van der Waals surface area contributed by atoms with Crippen LogP contribution in [0.25, 0.3) is 11.1 Å². The molecule has 0 heterocycles. The van der Waals surface area contributed by atoms with Crippen LogP contribution in [0.1, 0.15) is 33.0 Å². The van der Waals surface area contributed by atoms with Gasteiger partial charge in [0.2, 0.25) is 0 Å². The van der Waals surface area contributed by atoms with Crippen molar-refractivity contribution < 1.29 is 24.2 Å². The Morgan fingerprint density at radius 2 is 1.61 bits per heavy atom. The fourth-order valence-corrected chi connectivity index (χ4v) is 3.85. The zero-order valence-electron chi connectivity index (χ0n) is 17.1. The number of aromatic carboxylic acids is 1. The molecule has 1 amide bonds. The minimum atomic E-state index is -1.01. The number of amides is 1. The van der Waals surface area contributed by atoms with Crippen molar-refractivity contribution in [3.05, 3.63) is 89.0 Å². The molecule has 0 saturated heterocycles. The summed E-state index contributed by atoms with van der Waals surface area (Å²) in [6, 6.07) is 21.0. The minimum absolute atomic E-state index is 0.0100. The fraction of sp³-hybridized carbons (Fsp3) is 0.200. The number of hydrogen-bond donors (Lipinski definition) is 2. The van der Waals surface area contributed by atoms with Gasteiger partial charge in [-0.1, -0.05) is 54.6 Å². The summed E-state index contributed by atoms with van der Waals surface area (Å²) in [5, 5.41) is 11.8. The van der Waals surface area contributed by atoms with Crippen molar-refractivity contribution in [2.24, 2.45) is 0 Å². The summed E-state index contributed by atoms with van der Waals surface area (Å²) in [6.45, 7) is 2.53. The van der Waals surface area contributed by atoms with Crippen molar-refractivity contribution in [1.29, 1.82) is 0 Å². The van der Waals surface area contributed by atoms with E-state index in [1.165, 1.54) is 23.3 Å². The third-order valence-electron chi connectivity index (χ3n) is 5.41. The van der Waals surface area contributed by atoms with E-state index >= 15 is 0 Å². The molecule has 1 aliphatic rings. The standard InChI is InChI=1S/C25H23NO5/c1-16-10-11-17(24(27)28)14-23(16)30-13-12-26-25(29)31-15-22-20-8-4-2-6-18(20)19-7-3-5-9-21(19)22/h2-11,14,22H,12-13,15H2,1H3,(H,26,29)(H,27,28). The number of carbonyl (C=O) groups is 2. The second-order valence-electron chi connectivity index (χ2n) is 7.39. The Hall–Kier alpha value is -3.80. The number of ether oxygens (including phenoxy) is 2. The summed E-state index contributed by atoms with van der Waals surface area (Å²) in [4.78, 5) is 23.3. The van der Waals surface area contributed by atoms with Crippen LogP contribution in [0.2, 0.25) is 0 Å². The van der Waals surface area contributed by atoms with E-state index in [4.69, 9.17) is 14.6 Å². The van der Waals surface area contributed by atoms with Crippen molar-refractivity contribution in [3.8, 4) is 16.9 Å². The molecule has 0 atom stereocenters. The lowest BCUT2D eigenvalue weighted by atomic mass is 9.98. The first-order chi connectivity index (χ1) is 15.0. The lowest BCUT2D eigenvalue weighted by Gasteiger charge is -2.15. The number of alkyl carbamates (subject to hydrolysis) is 1. The highest BCUT2D eigenvalue weighted by Gasteiger charge is 2.28. The lowest BCUT2D eigenvalue weighted by molar-refractivity contribution is 0.0696. The third-order valence-corrected chi connectivity index (χ3v) is 5.41. The van der Waals surface area contributed by atoms with Gasteiger partial charge in [-0.2, -0.15) is 0 Å². The number of benzene rings is 3. The number of rotatable bonds is 7. The number of carbonyl (C=O) groups excluding carboxylic acids is 1. The van der Waals surface area contributed by atoms with Crippen LogP contribution in [-0.4, -0.2) is 36.9 Å². The summed E-state index contributed by atoms with van der Waals surface area (Å²) in [6.07, 6.45) is -0.513. The van der Waals surface area contributed by atoms with Crippen molar-refractivity contribution in [3.63, 3.8) is 0 Å². The Morgan fingerprint density at radius 3 is 2.26 bits per heavy atom. The summed E-state index contributed by atoms with van der Waals surface area (Å²) < 4.78 is 11.1. The van der Waals surface area contributed by atoms with E-state index in [1.54, 1.807) is 6.07 Å². The van der Waals surface area contributed by atoms with Crippen LogP contribution in [0.4, 0.5) is 4.79 Å². The maximum atomic E-state index is 12.2. The highest BCUT2D eigenvalue weighted by atomic mass is 16.5. The molecule has 31 heavy (non-hydrogen) atoms. The number of aryl methyl sites for hydroxylation is 1. The zero-order valence-corrected chi connectivity index (χ0v) is 17.1. The molecule has 4 rings (SSSR count). The van der Waals surface area contributed by atoms with Crippen LogP contribution in [0.3, 0.4) is 0 Å². The van der Waals surface area contributed by atoms with Crippen molar-refractivity contribution in [2.45, 2.75) is 12.8 Å². The highest BCUT2D eigenvalue weighted by molar-refractivity contribution is 5.88. The highest BCUT2D eigenvalue weighted by Crippen LogP contribution is 2.44. The number of nitrogens with one attached hydrogen (secondary N) is 1. The Morgan fingerprint density at radius 1 is 0.968 bits per heavy atom. The smallest absolute Gasteiger partial charge is 0.407 e. The van der Waals surface area contributed by atoms with Gasteiger partial charge < -0.3 is 19.9 Å². The second kappa shape index (κ2) is 8.92. The second-order valence-corrected chi connectivity index (χ2v) is 7.39. The lowest BCUT2D eigenvalue weighted by Crippen LogP contribution is -2.30. The fourth-order valence-electron chi connectivity index (χ4n) is 3.85. The molecule has 0 aliphatic heterocycles. The maximum Gasteiger partial charge on any atom is 0.407 e. The number of fused-ring (bicyclic) bond motifs is 3. The molecule has 6 nitrogen and oxygen atoms in total. The molecule has 0 aromatic heterocycles. The van der Waals surface area contributed by atoms with Gasteiger partial charge in [-0.3, -0.25) is 0 Å². The topological polar surface area (TPSA) is 84.9 Å². The van der Waals surface area contributed by atoms with Gasteiger partial charge >= 0.3 is 12.1 Å². The molecular weight excluding hydrogens is 394 g/mol. The molecule has 3 aromatic rings. The van der Waals surface area contributed by atoms with E-state index in [1.807, 2.05) is 31.2 Å². The predicted molar refractivity (Wildman–Crippen MR) is 117 cm³/mol. The van der Waals surface area contributed by atoms with Crippen LogP contribution in [0.15, 0.2) is 66.7 Å². The number of carboxylic acids is 1. The first-order valence-corrected chi connectivity index (χ1v) is 10.1. The van der Waals surface area contributed by atoms with Gasteiger partial charge in [0.05, 0.1) is 12.1 Å². The average molecular weight is 417 g/mol. The molecule has 2 N–H and O–H groups in total. The van der Waals surface area contributed by atoms with Crippen molar-refractivity contribution >= 4 is 12.1 Å². The van der Waals surface area contributed by atoms with Gasteiger partial charge in [-0.05, 0) is 46.9 Å². The molecule has 158 valence electrons. The van der Waals surface area contributed by atoms with Crippen molar-refractivity contribution in [1.82, 2.24) is 5.32 Å². The molecular formula is C25H23NO5. The average Bonchev–Trinajstić information content (AvgIpc) is 3.10. The maximum absolute atomic E-state index is 12.2. The van der Waals surface area contributed by atoms with E-state index < -0.39 is 12.1 Å². The summed E-state index contributed by atoms with van der Waals surface area (Å²) in [5.74, 6) is -0.522. The van der Waals surface area contributed by atoms with Crippen LogP contribution >= 0.6 is 0 Å². The molecule has 1 aliphatic carbocycles.